The second-order valence-corrected chi connectivity index (χ2v) is 8.23. The summed E-state index contributed by atoms with van der Waals surface area (Å²) in [4.78, 5) is 29.3. The molecule has 0 fully saturated rings. The maximum atomic E-state index is 12.6. The Bertz CT molecular complexity index is 1290. The van der Waals surface area contributed by atoms with E-state index in [4.69, 9.17) is 13.9 Å². The first-order chi connectivity index (χ1) is 17.1. The number of hydrogen-bond acceptors (Lipinski definition) is 7. The number of anilines is 1. The highest BCUT2D eigenvalue weighted by Gasteiger charge is 2.13. The molecule has 4 aromatic rings. The van der Waals surface area contributed by atoms with Gasteiger partial charge in [0.05, 0.1) is 38.5 Å². The molecular formula is C25H24N4O5S. The van der Waals surface area contributed by atoms with Gasteiger partial charge in [-0.05, 0) is 48.5 Å². The third-order valence-corrected chi connectivity index (χ3v) is 6.00. The predicted octanol–water partition coefficient (Wildman–Crippen LogP) is 4.14. The van der Waals surface area contributed by atoms with Crippen molar-refractivity contribution in [1.29, 1.82) is 0 Å². The summed E-state index contributed by atoms with van der Waals surface area (Å²) in [6.07, 6.45) is 5.03. The van der Waals surface area contributed by atoms with Crippen molar-refractivity contribution in [3.05, 3.63) is 84.6 Å². The van der Waals surface area contributed by atoms with Crippen LogP contribution in [-0.2, 0) is 11.3 Å². The minimum atomic E-state index is -0.209. The number of imidazole rings is 1. The van der Waals surface area contributed by atoms with Crippen molar-refractivity contribution in [2.75, 3.05) is 25.3 Å². The normalized spacial score (nSPS) is 10.6. The van der Waals surface area contributed by atoms with Crippen molar-refractivity contribution in [3.8, 4) is 17.2 Å². The van der Waals surface area contributed by atoms with Gasteiger partial charge in [0.25, 0.3) is 5.91 Å². The van der Waals surface area contributed by atoms with Crippen LogP contribution in [0, 0.1) is 0 Å². The largest absolute Gasteiger partial charge is 0.497 e. The molecule has 180 valence electrons. The van der Waals surface area contributed by atoms with Gasteiger partial charge in [-0.3, -0.25) is 14.2 Å². The lowest BCUT2D eigenvalue weighted by atomic mass is 10.2. The van der Waals surface area contributed by atoms with Gasteiger partial charge in [0.15, 0.2) is 5.16 Å². The monoisotopic (exact) mass is 492 g/mol. The summed E-state index contributed by atoms with van der Waals surface area (Å²) in [5.74, 6) is 1.58. The molecule has 0 bridgehead atoms. The first kappa shape index (κ1) is 24.0. The number of nitrogens with zero attached hydrogens (tertiary/aromatic N) is 2. The number of amides is 2. The van der Waals surface area contributed by atoms with Gasteiger partial charge in [-0.2, -0.15) is 0 Å². The predicted molar refractivity (Wildman–Crippen MR) is 132 cm³/mol. The van der Waals surface area contributed by atoms with E-state index in [-0.39, 0.29) is 17.6 Å². The topological polar surface area (TPSA) is 108 Å². The van der Waals surface area contributed by atoms with E-state index in [2.05, 4.69) is 15.6 Å². The lowest BCUT2D eigenvalue weighted by Crippen LogP contribution is -2.22. The fourth-order valence-corrected chi connectivity index (χ4v) is 4.05. The number of thioether (sulfide) groups is 1. The summed E-state index contributed by atoms with van der Waals surface area (Å²) in [6, 6.07) is 15.9. The molecule has 0 atom stereocenters. The van der Waals surface area contributed by atoms with Crippen molar-refractivity contribution in [2.24, 2.45) is 0 Å². The van der Waals surface area contributed by atoms with E-state index in [9.17, 15) is 9.59 Å². The Kier molecular flexibility index (Phi) is 7.74. The van der Waals surface area contributed by atoms with Gasteiger partial charge < -0.3 is 24.5 Å². The zero-order valence-corrected chi connectivity index (χ0v) is 20.0. The molecule has 0 aliphatic carbocycles. The number of carbonyl (C=O) groups is 2. The van der Waals surface area contributed by atoms with Gasteiger partial charge in [-0.1, -0.05) is 11.8 Å². The minimum Gasteiger partial charge on any atom is -0.497 e. The molecule has 2 amide bonds. The number of nitrogens with one attached hydrogen (secondary N) is 2. The van der Waals surface area contributed by atoms with E-state index in [0.717, 1.165) is 5.69 Å². The smallest absolute Gasteiger partial charge is 0.251 e. The summed E-state index contributed by atoms with van der Waals surface area (Å²) in [7, 11) is 3.10. The number of carbonyl (C=O) groups excluding carboxylic acids is 2. The average molecular weight is 493 g/mol. The standard InChI is InChI=1S/C25H24N4O5S/c1-32-19-9-10-22(33-2)21(14-19)28-23(30)16-35-25-26-11-12-29(25)18-7-5-17(6-8-18)24(31)27-15-20-4-3-13-34-20/h3-14H,15-16H2,1-2H3,(H,27,31)(H,28,30). The number of benzene rings is 2. The van der Waals surface area contributed by atoms with Gasteiger partial charge in [0.1, 0.15) is 17.3 Å². The molecule has 0 saturated heterocycles. The number of methoxy groups -OCH3 is 2. The fraction of sp³-hybridized carbons (Fsp3) is 0.160. The van der Waals surface area contributed by atoms with Crippen LogP contribution in [0.2, 0.25) is 0 Å². The van der Waals surface area contributed by atoms with E-state index in [1.165, 1.54) is 18.9 Å². The first-order valence-electron chi connectivity index (χ1n) is 10.7. The van der Waals surface area contributed by atoms with Crippen LogP contribution in [0.15, 0.2) is 82.8 Å². The summed E-state index contributed by atoms with van der Waals surface area (Å²) in [6.45, 7) is 0.319. The molecule has 2 aromatic carbocycles. The molecule has 0 aliphatic rings. The van der Waals surface area contributed by atoms with Crippen molar-refractivity contribution >= 4 is 29.3 Å². The molecule has 0 unspecified atom stereocenters. The third-order valence-electron chi connectivity index (χ3n) is 5.03. The van der Waals surface area contributed by atoms with Crippen LogP contribution in [0.1, 0.15) is 16.1 Å². The highest BCUT2D eigenvalue weighted by Crippen LogP contribution is 2.29. The van der Waals surface area contributed by atoms with Crippen LogP contribution in [0.4, 0.5) is 5.69 Å². The molecule has 9 nitrogen and oxygen atoms in total. The van der Waals surface area contributed by atoms with Crippen molar-refractivity contribution in [2.45, 2.75) is 11.7 Å². The molecule has 0 saturated carbocycles. The number of rotatable bonds is 10. The van der Waals surface area contributed by atoms with Crippen LogP contribution in [0.25, 0.3) is 5.69 Å². The molecule has 0 spiro atoms. The Balaban J connectivity index is 1.36. The Morgan fingerprint density at radius 3 is 2.63 bits per heavy atom. The van der Waals surface area contributed by atoms with E-state index >= 15 is 0 Å². The second kappa shape index (κ2) is 11.3. The van der Waals surface area contributed by atoms with E-state index < -0.39 is 0 Å². The zero-order chi connectivity index (χ0) is 24.6. The van der Waals surface area contributed by atoms with Crippen molar-refractivity contribution in [1.82, 2.24) is 14.9 Å². The average Bonchev–Trinajstić information content (AvgIpc) is 3.58. The van der Waals surface area contributed by atoms with Crippen LogP contribution in [-0.4, -0.2) is 41.3 Å². The SMILES string of the molecule is COc1ccc(OC)c(NC(=O)CSc2nccn2-c2ccc(C(=O)NCc3ccco3)cc2)c1. The van der Waals surface area contributed by atoms with E-state index in [1.54, 1.807) is 68.2 Å². The number of furan rings is 1. The fourth-order valence-electron chi connectivity index (χ4n) is 3.28. The molecule has 35 heavy (non-hydrogen) atoms. The summed E-state index contributed by atoms with van der Waals surface area (Å²) in [5.41, 5.74) is 1.88. The molecule has 10 heteroatoms. The molecule has 4 rings (SSSR count). The van der Waals surface area contributed by atoms with Gasteiger partial charge in [-0.15, -0.1) is 0 Å². The van der Waals surface area contributed by atoms with Crippen LogP contribution < -0.4 is 20.1 Å². The van der Waals surface area contributed by atoms with Crippen molar-refractivity contribution in [3.63, 3.8) is 0 Å². The molecule has 0 aliphatic heterocycles. The summed E-state index contributed by atoms with van der Waals surface area (Å²) >= 11 is 1.29. The molecular weight excluding hydrogens is 468 g/mol. The highest BCUT2D eigenvalue weighted by molar-refractivity contribution is 7.99. The highest BCUT2D eigenvalue weighted by atomic mass is 32.2. The number of ether oxygens (including phenoxy) is 2. The molecule has 0 radical (unpaired) electrons. The van der Waals surface area contributed by atoms with Crippen molar-refractivity contribution < 1.29 is 23.5 Å². The lowest BCUT2D eigenvalue weighted by Gasteiger charge is -2.12. The van der Waals surface area contributed by atoms with Gasteiger partial charge in [-0.25, -0.2) is 4.98 Å². The maximum Gasteiger partial charge on any atom is 0.251 e. The van der Waals surface area contributed by atoms with Crippen LogP contribution in [0.5, 0.6) is 11.5 Å². The molecule has 2 aromatic heterocycles. The zero-order valence-electron chi connectivity index (χ0n) is 19.2. The Hall–Kier alpha value is -4.18. The summed E-state index contributed by atoms with van der Waals surface area (Å²) < 4.78 is 17.6. The second-order valence-electron chi connectivity index (χ2n) is 7.29. The van der Waals surface area contributed by atoms with Gasteiger partial charge >= 0.3 is 0 Å². The van der Waals surface area contributed by atoms with Gasteiger partial charge in [0.2, 0.25) is 5.91 Å². The molecule has 2 heterocycles. The van der Waals surface area contributed by atoms with E-state index in [1.807, 2.05) is 16.7 Å². The third kappa shape index (κ3) is 6.04. The van der Waals surface area contributed by atoms with E-state index in [0.29, 0.717) is 40.2 Å². The maximum absolute atomic E-state index is 12.6. The number of aromatic nitrogens is 2. The Labute approximate surface area is 206 Å². The lowest BCUT2D eigenvalue weighted by molar-refractivity contribution is -0.113. The first-order valence-corrected chi connectivity index (χ1v) is 11.6. The number of hydrogen-bond donors (Lipinski definition) is 2. The summed E-state index contributed by atoms with van der Waals surface area (Å²) in [5, 5.41) is 6.31. The molecule has 2 N–H and O–H groups in total. The van der Waals surface area contributed by atoms with Crippen LogP contribution >= 0.6 is 11.8 Å². The Morgan fingerprint density at radius 2 is 1.91 bits per heavy atom. The van der Waals surface area contributed by atoms with Crippen LogP contribution in [0.3, 0.4) is 0 Å². The van der Waals surface area contributed by atoms with Gasteiger partial charge in [0, 0.05) is 29.7 Å². The Morgan fingerprint density at radius 1 is 1.09 bits per heavy atom. The minimum absolute atomic E-state index is 0.143. The quantitative estimate of drug-likeness (QED) is 0.320.